The summed E-state index contributed by atoms with van der Waals surface area (Å²) in [6, 6.07) is 88.0. The minimum atomic E-state index is -0.166. The molecule has 12 heterocycles. The third-order valence-electron chi connectivity index (χ3n) is 32.7. The second kappa shape index (κ2) is 31.9. The van der Waals surface area contributed by atoms with Gasteiger partial charge in [-0.2, -0.15) is 0 Å². The van der Waals surface area contributed by atoms with Crippen LogP contribution in [0.1, 0.15) is 178 Å². The van der Waals surface area contributed by atoms with Gasteiger partial charge in [0.2, 0.25) is 0 Å². The standard InChI is InChI=1S/C126H94N10OS4/c1-5-26-71(27-6-1)124-127-115(121-118(130-124)89-43-16-21-48-110(89)139-121)78-32-23-37-82(58-78)134-100-45-18-13-40-85(100)92-65-105-93(66-104(92)134)91-61-74(51-55-103(91)133(105)81-35-11-4-12-36-81)75-52-56-112-97(62-75)98-68-107-95(70-114(98)138-112)87-42-15-20-47-102(87)136(107)84-39-25-34-80(60-84)117-123-120(132-126(129-117)73-30-9-3-10-31-73)99-63-76(53-57-113(99)141-123)77-50-54-88-96-67-106-94(69-109(96)137-108(88)64-77)86-41-14-19-46-101(86)135(106)83-38-24-33-79(59-83)116-122-119(90-44-17-22-49-111(90)140-122)131-125(128-116)72-28-7-2-8-29-72/h2-5,7-17,20-31,33-35,37-44,47-50,52-54,56-63,65-70,77-78,81,86-88,91,101-103,108,117H,1,6,18-19,32,36,45-46,51,55,64H2,(H,129,132). The topological polar surface area (TPSA) is 99.8 Å². The van der Waals surface area contributed by atoms with Crippen LogP contribution in [0.25, 0.3) is 127 Å². The highest BCUT2D eigenvalue weighted by molar-refractivity contribution is 7.27. The molecule has 1 N–H and O–H groups in total. The molecule has 0 saturated heterocycles. The van der Waals surface area contributed by atoms with E-state index in [1.807, 2.05) is 34.0 Å². The normalized spacial score (nSPS) is 23.4. The first-order chi connectivity index (χ1) is 69.8. The fourth-order valence-electron chi connectivity index (χ4n) is 26.3. The number of fused-ring (bicyclic) bond motifs is 27. The van der Waals surface area contributed by atoms with Crippen LogP contribution in [0.15, 0.2) is 357 Å². The second-order valence-electron chi connectivity index (χ2n) is 40.5. The Morgan fingerprint density at radius 3 is 2.07 bits per heavy atom. The number of amidine groups is 1. The lowest BCUT2D eigenvalue weighted by molar-refractivity contribution is 0.197. The molecule has 0 bridgehead atoms. The van der Waals surface area contributed by atoms with Crippen LogP contribution < -0.4 is 24.8 Å². The van der Waals surface area contributed by atoms with E-state index in [4.69, 9.17) is 29.7 Å². The van der Waals surface area contributed by atoms with Crippen molar-refractivity contribution in [1.82, 2.24) is 29.8 Å². The molecule has 678 valence electrons. The summed E-state index contributed by atoms with van der Waals surface area (Å²) in [5.74, 6) is 4.48. The summed E-state index contributed by atoms with van der Waals surface area (Å²) in [5.41, 5.74) is 31.9. The Balaban J connectivity index is 0.460. The molecule has 0 saturated carbocycles. The van der Waals surface area contributed by atoms with Gasteiger partial charge in [0.05, 0.1) is 66.0 Å². The van der Waals surface area contributed by atoms with E-state index in [2.05, 4.69) is 383 Å². The van der Waals surface area contributed by atoms with Gasteiger partial charge in [-0.3, -0.25) is 0 Å². The van der Waals surface area contributed by atoms with Crippen molar-refractivity contribution < 1.29 is 4.74 Å². The highest BCUT2D eigenvalue weighted by Crippen LogP contribution is 2.61. The van der Waals surface area contributed by atoms with Gasteiger partial charge in [0, 0.05) is 177 Å². The Kier molecular flexibility index (Phi) is 18.4. The van der Waals surface area contributed by atoms with Crippen LogP contribution in [0.2, 0.25) is 0 Å². The number of ether oxygens (including phenoxy) is 1. The van der Waals surface area contributed by atoms with E-state index in [1.165, 1.54) is 161 Å². The molecule has 0 radical (unpaired) electrons. The number of rotatable bonds is 12. The van der Waals surface area contributed by atoms with E-state index < -0.39 is 0 Å². The summed E-state index contributed by atoms with van der Waals surface area (Å²) in [4.78, 5) is 36.7. The monoisotopic (exact) mass is 1890 g/mol. The SMILES string of the molecule is C1=CCC(N2c3cc4c5c(n(C6=CC(c7nc(C8=CCCC=C8)nc8c7sc7ccccc78)CC=C6)c4cc3C3C=C(c4ccc6sc7cc8c(cc7c6c4)N(c4cccc(C6NC(c7ccccc7)=Nc7c6sc6ccc(C9C=CC%10c%11cc%12c(cc%11OC%10C9)C9C=CCCC9N%12c9cccc(-c%10nc(-c%11ccccc%11)nc%11c%10sc%10ccccc%10%11)c9)cc76)c4)C4C=CC=CC84)CCC32)CCC=C5)C=C1. The third-order valence-corrected chi connectivity index (χ3v) is 37.4. The molecule has 11 aromatic carbocycles. The lowest BCUT2D eigenvalue weighted by Crippen LogP contribution is -2.42. The molecule has 12 atom stereocenters. The molecular weight excluding hydrogens is 1800 g/mol. The molecule has 13 aliphatic rings. The Bertz CT molecular complexity index is 8940. The van der Waals surface area contributed by atoms with Crippen molar-refractivity contribution in [2.75, 3.05) is 14.7 Å². The van der Waals surface area contributed by atoms with Crippen LogP contribution >= 0.6 is 45.3 Å². The van der Waals surface area contributed by atoms with Gasteiger partial charge in [0.25, 0.3) is 0 Å². The number of hydrogen-bond acceptors (Lipinski definition) is 14. The van der Waals surface area contributed by atoms with Crippen LogP contribution in [-0.2, 0) is 6.42 Å². The average molecular weight is 1890 g/mol. The lowest BCUT2D eigenvalue weighted by Gasteiger charge is -2.38. The molecule has 5 aliphatic heterocycles. The molecule has 15 heteroatoms. The van der Waals surface area contributed by atoms with Gasteiger partial charge in [-0.05, 0) is 213 Å². The number of aliphatic imine (C=N–C) groups is 1. The number of nitrogens with zero attached hydrogens (tertiary/aromatic N) is 9. The van der Waals surface area contributed by atoms with Crippen molar-refractivity contribution in [3.63, 3.8) is 0 Å². The molecule has 31 rings (SSSR count). The van der Waals surface area contributed by atoms with E-state index in [9.17, 15) is 0 Å². The molecule has 0 spiro atoms. The summed E-state index contributed by atoms with van der Waals surface area (Å²) >= 11 is 7.46. The van der Waals surface area contributed by atoms with Gasteiger partial charge in [0.1, 0.15) is 17.7 Å². The van der Waals surface area contributed by atoms with Crippen LogP contribution in [0, 0.1) is 0 Å². The van der Waals surface area contributed by atoms with Crippen molar-refractivity contribution in [2.45, 2.75) is 142 Å². The van der Waals surface area contributed by atoms with E-state index in [1.54, 1.807) is 11.3 Å². The maximum absolute atomic E-state index is 7.28. The first-order valence-electron chi connectivity index (χ1n) is 50.5. The van der Waals surface area contributed by atoms with Crippen molar-refractivity contribution in [1.29, 1.82) is 0 Å². The second-order valence-corrected chi connectivity index (χ2v) is 44.7. The minimum Gasteiger partial charge on any atom is -0.489 e. The zero-order valence-electron chi connectivity index (χ0n) is 77.3. The van der Waals surface area contributed by atoms with Gasteiger partial charge < -0.3 is 29.3 Å². The lowest BCUT2D eigenvalue weighted by atomic mass is 9.80. The Morgan fingerprint density at radius 2 is 1.19 bits per heavy atom. The number of benzene rings is 11. The minimum absolute atomic E-state index is 0.00444. The van der Waals surface area contributed by atoms with Gasteiger partial charge in [-0.25, -0.2) is 24.9 Å². The van der Waals surface area contributed by atoms with E-state index in [0.29, 0.717) is 6.04 Å². The zero-order valence-corrected chi connectivity index (χ0v) is 80.6. The van der Waals surface area contributed by atoms with Crippen LogP contribution in [0.4, 0.5) is 34.1 Å². The first kappa shape index (κ1) is 81.2. The number of hydrogen-bond donors (Lipinski definition) is 1. The molecule has 11 nitrogen and oxygen atoms in total. The molecule has 141 heavy (non-hydrogen) atoms. The third kappa shape index (κ3) is 12.8. The fourth-order valence-corrected chi connectivity index (χ4v) is 30.9. The van der Waals surface area contributed by atoms with Crippen LogP contribution in [-0.4, -0.2) is 60.6 Å². The number of thiophene rings is 4. The van der Waals surface area contributed by atoms with Crippen molar-refractivity contribution in [3.05, 3.63) is 424 Å². The molecule has 8 aliphatic carbocycles. The Hall–Kier alpha value is -14.7. The average Bonchev–Trinajstić information content (AvgIpc) is 1.52. The van der Waals surface area contributed by atoms with Gasteiger partial charge in [-0.1, -0.05) is 255 Å². The molecular formula is C126H94N10OS4. The maximum Gasteiger partial charge on any atom is 0.160 e. The van der Waals surface area contributed by atoms with Gasteiger partial charge in [-0.15, -0.1) is 45.3 Å². The number of nitrogens with one attached hydrogen (secondary N) is 1. The summed E-state index contributed by atoms with van der Waals surface area (Å²) in [6.45, 7) is 0. The molecule has 12 unspecified atom stereocenters. The number of aromatic nitrogens is 5. The van der Waals surface area contributed by atoms with Crippen molar-refractivity contribution >= 4 is 190 Å². The summed E-state index contributed by atoms with van der Waals surface area (Å²) in [7, 11) is 0. The Labute approximate surface area is 832 Å². The van der Waals surface area contributed by atoms with Crippen LogP contribution in [0.5, 0.6) is 5.75 Å². The van der Waals surface area contributed by atoms with E-state index in [0.717, 1.165) is 149 Å². The van der Waals surface area contributed by atoms with E-state index in [-0.39, 0.29) is 65.8 Å². The van der Waals surface area contributed by atoms with Gasteiger partial charge >= 0.3 is 0 Å². The maximum atomic E-state index is 7.28. The summed E-state index contributed by atoms with van der Waals surface area (Å²) in [5, 5.41) is 11.7. The number of anilines is 5. The largest absolute Gasteiger partial charge is 0.489 e. The predicted octanol–water partition coefficient (Wildman–Crippen LogP) is 32.2. The molecule has 0 amide bonds. The Morgan fingerprint density at radius 1 is 0.426 bits per heavy atom. The summed E-state index contributed by atoms with van der Waals surface area (Å²) in [6.07, 6.45) is 61.3. The van der Waals surface area contributed by atoms with Crippen LogP contribution in [0.3, 0.4) is 0 Å². The molecule has 18 aromatic rings. The first-order valence-corrected chi connectivity index (χ1v) is 53.8. The van der Waals surface area contributed by atoms with Gasteiger partial charge in [0.15, 0.2) is 11.6 Å². The van der Waals surface area contributed by atoms with Crippen molar-refractivity contribution in [3.8, 4) is 28.4 Å². The quantitative estimate of drug-likeness (QED) is 0.120. The smallest absolute Gasteiger partial charge is 0.160 e. The zero-order chi connectivity index (χ0) is 91.9. The number of allylic oxidation sites excluding steroid dienone is 16. The fraction of sp³-hybridized carbons (Fsp3) is 0.183. The highest BCUT2D eigenvalue weighted by Gasteiger charge is 2.48. The molecule has 7 aromatic heterocycles. The van der Waals surface area contributed by atoms with Crippen molar-refractivity contribution in [2.24, 2.45) is 4.99 Å². The molecule has 0 fully saturated rings. The van der Waals surface area contributed by atoms with E-state index >= 15 is 0 Å². The summed E-state index contributed by atoms with van der Waals surface area (Å²) < 4.78 is 18.6. The highest BCUT2D eigenvalue weighted by atomic mass is 32.1. The predicted molar refractivity (Wildman–Crippen MR) is 589 cm³/mol.